The molecule has 0 unspecified atom stereocenters. The molecule has 0 aliphatic heterocycles. The van der Waals surface area contributed by atoms with Crippen LogP contribution in [0.3, 0.4) is 0 Å². The van der Waals surface area contributed by atoms with Crippen molar-refractivity contribution >= 4 is 69.5 Å². The number of nitrogens with zero attached hydrogens (tertiary/aromatic N) is 4. The van der Waals surface area contributed by atoms with E-state index in [0.717, 1.165) is 16.9 Å². The molecule has 189 valence electrons. The molecular formula is C23H20ClCu2N6OS2. The molecule has 3 N–H and O–H groups in total. The molecule has 0 aliphatic rings. The summed E-state index contributed by atoms with van der Waals surface area (Å²) in [7, 11) is 4.20. The second-order valence-electron chi connectivity index (χ2n) is 6.54. The molecule has 0 saturated heterocycles. The molecule has 7 nitrogen and oxygen atoms in total. The molecule has 0 amide bonds. The van der Waals surface area contributed by atoms with Crippen LogP contribution < -0.4 is 10.9 Å². The number of hydrazone groups is 2. The number of benzene rings is 3. The topological polar surface area (TPSA) is 93.7 Å². The van der Waals surface area contributed by atoms with Gasteiger partial charge in [0.05, 0.1) is 23.8 Å². The third kappa shape index (κ3) is 11.2. The minimum Gasteiger partial charge on any atom is 1.00 e. The summed E-state index contributed by atoms with van der Waals surface area (Å²) in [6.45, 7) is 1.90. The van der Waals surface area contributed by atoms with Crippen molar-refractivity contribution in [3.05, 3.63) is 89.5 Å². The Labute approximate surface area is 238 Å². The second kappa shape index (κ2) is 17.0. The van der Waals surface area contributed by atoms with Gasteiger partial charge in [-0.05, 0) is 48.9 Å². The van der Waals surface area contributed by atoms with E-state index in [1.54, 1.807) is 12.1 Å². The fourth-order valence-electron chi connectivity index (χ4n) is 2.64. The van der Waals surface area contributed by atoms with Gasteiger partial charge in [0, 0.05) is 21.5 Å². The molecule has 3 aromatic rings. The van der Waals surface area contributed by atoms with Crippen LogP contribution in [0.5, 0.6) is 5.75 Å². The van der Waals surface area contributed by atoms with Crippen LogP contribution in [0.4, 0.5) is 11.4 Å². The summed E-state index contributed by atoms with van der Waals surface area (Å²) in [6.07, 6.45) is 2.94. The second-order valence-corrected chi connectivity index (χ2v) is 7.31. The molecule has 0 aromatic heterocycles. The third-order valence-electron chi connectivity index (χ3n) is 4.01. The van der Waals surface area contributed by atoms with Gasteiger partial charge in [0.2, 0.25) is 0 Å². The molecule has 0 atom stereocenters. The largest absolute Gasteiger partial charge is 1.00 e. The Kier molecular flexibility index (Phi) is 14.9. The van der Waals surface area contributed by atoms with Crippen LogP contribution in [0.25, 0.3) is 0 Å². The third-order valence-corrected chi connectivity index (χ3v) is 4.38. The van der Waals surface area contributed by atoms with Crippen LogP contribution in [-0.4, -0.2) is 27.9 Å². The van der Waals surface area contributed by atoms with Gasteiger partial charge in [-0.1, -0.05) is 36.4 Å². The summed E-state index contributed by atoms with van der Waals surface area (Å²) in [5, 5.41) is 19.1. The average molecular weight is 623 g/mol. The Morgan fingerprint density at radius 3 is 1.54 bits per heavy atom. The standard InChI is InChI=1S/C23H22N6OS2.ClH.2Cu/c1-16-12-17(14-24-28-22(31)26-19-8-4-2-5-9-19)21(30)18(13-16)15-25-29-23(32)27-20-10-6-3-7-11-20;;;/h2-15,30H,1H3,(H2,26,28,31)(H2,27,29,32);1H;;/q;;+1;+2/p-3/b24-14+,25-15+;;;. The minimum atomic E-state index is 0. The Morgan fingerprint density at radius 1 is 0.800 bits per heavy atom. The minimum absolute atomic E-state index is 0. The van der Waals surface area contributed by atoms with E-state index in [0.29, 0.717) is 11.1 Å². The zero-order valence-corrected chi connectivity index (χ0v) is 22.4. The van der Waals surface area contributed by atoms with E-state index in [2.05, 4.69) is 56.2 Å². The van der Waals surface area contributed by atoms with Crippen molar-refractivity contribution in [2.45, 2.75) is 6.92 Å². The van der Waals surface area contributed by atoms with E-state index in [-0.39, 0.29) is 33.2 Å². The van der Waals surface area contributed by atoms with E-state index in [9.17, 15) is 5.11 Å². The molecule has 0 saturated carbocycles. The average Bonchev–Trinajstić information content (AvgIpc) is 2.84. The predicted molar refractivity (Wildman–Crippen MR) is 142 cm³/mol. The fourth-order valence-corrected chi connectivity index (χ4v) is 2.95. The number of para-hydroxylation sites is 2. The first-order valence-electron chi connectivity index (χ1n) is 9.66. The number of phenols is 1. The van der Waals surface area contributed by atoms with E-state index in [1.165, 1.54) is 12.4 Å². The fraction of sp³-hybridized carbons (Fsp3) is 0.0435. The summed E-state index contributed by atoms with van der Waals surface area (Å²) < 4.78 is 0. The number of aryl methyl sites for hydroxylation is 1. The molecule has 0 spiro atoms. The number of rotatable bonds is 6. The van der Waals surface area contributed by atoms with Gasteiger partial charge in [-0.25, -0.2) is 0 Å². The maximum atomic E-state index is 10.6. The molecule has 0 radical (unpaired) electrons. The first kappa shape index (κ1) is 30.5. The number of aromatic hydroxyl groups is 1. The van der Waals surface area contributed by atoms with Gasteiger partial charge in [-0.15, -0.1) is 0 Å². The van der Waals surface area contributed by atoms with Crippen LogP contribution in [-0.2, 0) is 57.4 Å². The zero-order valence-electron chi connectivity index (χ0n) is 18.1. The summed E-state index contributed by atoms with van der Waals surface area (Å²) in [5.41, 5.74) is 8.71. The van der Waals surface area contributed by atoms with Crippen molar-refractivity contribution in [2.75, 3.05) is 0 Å². The summed E-state index contributed by atoms with van der Waals surface area (Å²) in [4.78, 5) is 8.46. The van der Waals surface area contributed by atoms with Gasteiger partial charge < -0.3 is 30.4 Å². The van der Waals surface area contributed by atoms with Gasteiger partial charge in [0.1, 0.15) is 5.75 Å². The van der Waals surface area contributed by atoms with E-state index >= 15 is 0 Å². The summed E-state index contributed by atoms with van der Waals surface area (Å²) in [6, 6.07) is 22.2. The van der Waals surface area contributed by atoms with Crippen molar-refractivity contribution in [1.29, 1.82) is 0 Å². The Balaban J connectivity index is 0.00000199. The number of amidine groups is 2. The van der Waals surface area contributed by atoms with Crippen LogP contribution in [0.15, 0.2) is 93.0 Å². The number of hydrogen-bond donors (Lipinski definition) is 3. The maximum Gasteiger partial charge on any atom is 1.00 e. The van der Waals surface area contributed by atoms with Gasteiger partial charge in [-0.2, -0.15) is 10.2 Å². The van der Waals surface area contributed by atoms with Gasteiger partial charge in [-0.3, -0.25) is 20.8 Å². The van der Waals surface area contributed by atoms with Crippen LogP contribution in [0.1, 0.15) is 16.7 Å². The van der Waals surface area contributed by atoms with Gasteiger partial charge in [0.25, 0.3) is 0 Å². The number of phenolic OH excluding ortho intramolecular Hbond substituents is 1. The van der Waals surface area contributed by atoms with Crippen molar-refractivity contribution in [3.8, 4) is 5.75 Å². The molecule has 0 fully saturated rings. The number of nitrogens with one attached hydrogen (secondary N) is 2. The summed E-state index contributed by atoms with van der Waals surface area (Å²) in [5.74, 6) is 0.0172. The Morgan fingerprint density at radius 2 is 1.17 bits per heavy atom. The van der Waals surface area contributed by atoms with Crippen LogP contribution in [0.2, 0.25) is 0 Å². The van der Waals surface area contributed by atoms with Crippen molar-refractivity contribution < 1.29 is 37.3 Å². The monoisotopic (exact) mass is 621 g/mol. The van der Waals surface area contributed by atoms with E-state index in [1.807, 2.05) is 67.6 Å². The molecule has 0 aliphatic carbocycles. The first-order valence-corrected chi connectivity index (χ1v) is 11.8. The smallest absolute Gasteiger partial charge is 1.00 e. The van der Waals surface area contributed by atoms with E-state index < -0.39 is 0 Å². The van der Waals surface area contributed by atoms with Crippen molar-refractivity contribution in [1.82, 2.24) is 10.9 Å². The Hall–Kier alpha value is -2.49. The number of hydrogen-bond acceptors (Lipinski definition) is 7. The first-order chi connectivity index (χ1) is 16.5. The Bertz CT molecular complexity index is 1090. The summed E-state index contributed by atoms with van der Waals surface area (Å²) >= 11 is 14.0. The predicted octanol–water partition coefficient (Wildman–Crippen LogP) is 4.70. The maximum absolute atomic E-state index is 10.6. The number of aliphatic imine (C=N–C) groups is 2. The van der Waals surface area contributed by atoms with Gasteiger partial charge in [0.15, 0.2) is 0 Å². The molecular weight excluding hydrogens is 603 g/mol. The molecule has 12 heteroatoms. The molecule has 0 bridgehead atoms. The van der Waals surface area contributed by atoms with Crippen molar-refractivity contribution in [2.24, 2.45) is 20.2 Å². The molecule has 3 rings (SSSR count). The molecule has 35 heavy (non-hydrogen) atoms. The number of halogens is 1. The van der Waals surface area contributed by atoms with E-state index in [4.69, 9.17) is 25.3 Å². The molecule has 0 heterocycles. The van der Waals surface area contributed by atoms with Crippen molar-refractivity contribution in [3.63, 3.8) is 0 Å². The quantitative estimate of drug-likeness (QED) is 0.122. The van der Waals surface area contributed by atoms with Crippen LogP contribution >= 0.6 is 10.1 Å². The molecule has 3 aromatic carbocycles. The van der Waals surface area contributed by atoms with Gasteiger partial charge >= 0.3 is 42.3 Å². The zero-order chi connectivity index (χ0) is 24.8. The SMILES string of the molecule is Cc1cc(/C=N/NC([S-])=Nc2ccccc2)c(O)c(/C=N/NC([S-])=Nc2ccccc2)c1.[Cl][Cu+].[Cu+]. The normalized spacial score (nSPS) is 11.5. The van der Waals surface area contributed by atoms with Crippen LogP contribution in [0, 0.1) is 6.92 Å².